The van der Waals surface area contributed by atoms with E-state index < -0.39 is 57.3 Å². The van der Waals surface area contributed by atoms with Crippen molar-refractivity contribution in [1.82, 2.24) is 0 Å². The zero-order valence-corrected chi connectivity index (χ0v) is 12.2. The Morgan fingerprint density at radius 3 is 1.83 bits per heavy atom. The van der Waals surface area contributed by atoms with Gasteiger partial charge in [-0.2, -0.15) is 8.42 Å². The van der Waals surface area contributed by atoms with Gasteiger partial charge in [-0.05, 0) is 6.08 Å². The third kappa shape index (κ3) is 4.99. The van der Waals surface area contributed by atoms with Crippen LogP contribution in [0.1, 0.15) is 10.4 Å². The van der Waals surface area contributed by atoms with Gasteiger partial charge in [0.2, 0.25) is 5.82 Å². The van der Waals surface area contributed by atoms with Gasteiger partial charge in [-0.1, -0.05) is 6.08 Å². The maximum atomic E-state index is 13.3. The highest BCUT2D eigenvalue weighted by Crippen LogP contribution is 2.23. The molecule has 0 aromatic heterocycles. The van der Waals surface area contributed by atoms with E-state index in [9.17, 15) is 35.2 Å². The molecular formula is C12H9F5O5S. The summed E-state index contributed by atoms with van der Waals surface area (Å²) in [6.07, 6.45) is 2.95. The zero-order valence-electron chi connectivity index (χ0n) is 11.4. The van der Waals surface area contributed by atoms with Gasteiger partial charge in [-0.3, -0.25) is 4.18 Å². The molecule has 0 unspecified atom stereocenters. The van der Waals surface area contributed by atoms with Crippen molar-refractivity contribution in [3.05, 3.63) is 46.8 Å². The Bertz CT molecular complexity index is 716. The predicted molar refractivity (Wildman–Crippen MR) is 66.5 cm³/mol. The highest BCUT2D eigenvalue weighted by Gasteiger charge is 2.30. The van der Waals surface area contributed by atoms with Crippen LogP contribution in [-0.4, -0.2) is 33.9 Å². The highest BCUT2D eigenvalue weighted by atomic mass is 32.2. The molecule has 1 aromatic rings. The van der Waals surface area contributed by atoms with Gasteiger partial charge in [-0.15, -0.1) is 0 Å². The molecule has 128 valence electrons. The van der Waals surface area contributed by atoms with Gasteiger partial charge in [-0.25, -0.2) is 26.7 Å². The van der Waals surface area contributed by atoms with E-state index in [1.807, 2.05) is 0 Å². The first kappa shape index (κ1) is 19.0. The molecule has 0 aliphatic rings. The van der Waals surface area contributed by atoms with Gasteiger partial charge in [0, 0.05) is 0 Å². The van der Waals surface area contributed by atoms with Crippen LogP contribution in [0.4, 0.5) is 22.0 Å². The van der Waals surface area contributed by atoms with E-state index in [1.165, 1.54) is 0 Å². The van der Waals surface area contributed by atoms with Crippen molar-refractivity contribution in [3.63, 3.8) is 0 Å². The minimum absolute atomic E-state index is 0.390. The number of carbonyl (C=O) groups excluding carboxylic acids is 1. The third-order valence-electron chi connectivity index (χ3n) is 2.27. The molecule has 0 heterocycles. The number of halogens is 5. The van der Waals surface area contributed by atoms with Crippen molar-refractivity contribution in [2.75, 3.05) is 19.5 Å². The maximum Gasteiger partial charge on any atom is 0.344 e. The SMILES string of the molecule is CS(=O)(=O)OCC=CCOC(=O)c1c(F)c(F)c(F)c(F)c1F. The lowest BCUT2D eigenvalue weighted by Crippen LogP contribution is -2.15. The van der Waals surface area contributed by atoms with Crippen LogP contribution in [0.5, 0.6) is 0 Å². The molecule has 1 rings (SSSR count). The molecule has 0 spiro atoms. The van der Waals surface area contributed by atoms with E-state index >= 15 is 0 Å². The Hall–Kier alpha value is -2.01. The van der Waals surface area contributed by atoms with Crippen LogP contribution >= 0.6 is 0 Å². The average Bonchev–Trinajstić information content (AvgIpc) is 2.45. The Morgan fingerprint density at radius 1 is 0.913 bits per heavy atom. The number of benzene rings is 1. The summed E-state index contributed by atoms with van der Waals surface area (Å²) >= 11 is 0. The summed E-state index contributed by atoms with van der Waals surface area (Å²) in [6, 6.07) is 0. The maximum absolute atomic E-state index is 13.3. The lowest BCUT2D eigenvalue weighted by Gasteiger charge is -2.07. The smallest absolute Gasteiger partial charge is 0.344 e. The van der Waals surface area contributed by atoms with Crippen molar-refractivity contribution in [2.45, 2.75) is 0 Å². The molecule has 0 atom stereocenters. The van der Waals surface area contributed by atoms with E-state index in [0.717, 1.165) is 18.4 Å². The Kier molecular flexibility index (Phi) is 6.21. The van der Waals surface area contributed by atoms with Gasteiger partial charge in [0.05, 0.1) is 12.9 Å². The summed E-state index contributed by atoms with van der Waals surface area (Å²) in [5.41, 5.74) is -1.72. The van der Waals surface area contributed by atoms with Gasteiger partial charge in [0.1, 0.15) is 12.2 Å². The van der Waals surface area contributed by atoms with Crippen molar-refractivity contribution in [2.24, 2.45) is 0 Å². The Labute approximate surface area is 127 Å². The molecule has 23 heavy (non-hydrogen) atoms. The van der Waals surface area contributed by atoms with Crippen LogP contribution < -0.4 is 0 Å². The molecule has 1 aromatic carbocycles. The van der Waals surface area contributed by atoms with Crippen LogP contribution in [-0.2, 0) is 19.0 Å². The summed E-state index contributed by atoms with van der Waals surface area (Å²) in [5.74, 6) is -13.3. The fraction of sp³-hybridized carbons (Fsp3) is 0.250. The van der Waals surface area contributed by atoms with E-state index in [4.69, 9.17) is 0 Å². The first-order chi connectivity index (χ1) is 10.6. The lowest BCUT2D eigenvalue weighted by molar-refractivity contribution is 0.0534. The molecule has 0 saturated heterocycles. The molecule has 0 bridgehead atoms. The number of carbonyl (C=O) groups is 1. The molecule has 0 amide bonds. The molecule has 0 radical (unpaired) electrons. The summed E-state index contributed by atoms with van der Waals surface area (Å²) in [7, 11) is -3.67. The fourth-order valence-corrected chi connectivity index (χ4v) is 1.60. The van der Waals surface area contributed by atoms with Crippen LogP contribution in [0.2, 0.25) is 0 Å². The van der Waals surface area contributed by atoms with Crippen LogP contribution in [0, 0.1) is 29.1 Å². The molecule has 5 nitrogen and oxygen atoms in total. The molecule has 0 fully saturated rings. The van der Waals surface area contributed by atoms with E-state index in [2.05, 4.69) is 8.92 Å². The number of rotatable bonds is 6. The van der Waals surface area contributed by atoms with E-state index in [0.29, 0.717) is 0 Å². The van der Waals surface area contributed by atoms with Crippen molar-refractivity contribution in [1.29, 1.82) is 0 Å². The van der Waals surface area contributed by atoms with Gasteiger partial charge >= 0.3 is 5.97 Å². The molecular weight excluding hydrogens is 351 g/mol. The molecule has 0 saturated carbocycles. The predicted octanol–water partition coefficient (Wildman–Crippen LogP) is 2.07. The van der Waals surface area contributed by atoms with E-state index in [-0.39, 0.29) is 6.61 Å². The van der Waals surface area contributed by atoms with E-state index in [1.54, 1.807) is 0 Å². The first-order valence-corrected chi connectivity index (χ1v) is 7.56. The van der Waals surface area contributed by atoms with Crippen LogP contribution in [0.25, 0.3) is 0 Å². The average molecular weight is 360 g/mol. The highest BCUT2D eigenvalue weighted by molar-refractivity contribution is 7.85. The largest absolute Gasteiger partial charge is 0.458 e. The monoisotopic (exact) mass is 360 g/mol. The lowest BCUT2D eigenvalue weighted by atomic mass is 10.1. The standard InChI is InChI=1S/C12H9F5O5S/c1-23(19,20)22-5-3-2-4-21-12(18)6-7(13)9(15)11(17)10(16)8(6)14/h2-3H,4-5H2,1H3. The number of esters is 1. The first-order valence-electron chi connectivity index (χ1n) is 5.74. The third-order valence-corrected chi connectivity index (χ3v) is 2.83. The van der Waals surface area contributed by atoms with Gasteiger partial charge in [0.15, 0.2) is 23.3 Å². The zero-order chi connectivity index (χ0) is 17.8. The van der Waals surface area contributed by atoms with Crippen molar-refractivity contribution in [3.8, 4) is 0 Å². The van der Waals surface area contributed by atoms with Crippen molar-refractivity contribution >= 4 is 16.1 Å². The minimum atomic E-state index is -3.67. The topological polar surface area (TPSA) is 69.7 Å². The second-order valence-electron chi connectivity index (χ2n) is 4.00. The van der Waals surface area contributed by atoms with Gasteiger partial charge in [0.25, 0.3) is 10.1 Å². The quantitative estimate of drug-likeness (QED) is 0.194. The van der Waals surface area contributed by atoms with Crippen LogP contribution in [0.15, 0.2) is 12.2 Å². The van der Waals surface area contributed by atoms with Crippen molar-refractivity contribution < 1.29 is 44.1 Å². The molecule has 0 aliphatic carbocycles. The summed E-state index contributed by atoms with van der Waals surface area (Å²) < 4.78 is 95.0. The van der Waals surface area contributed by atoms with Crippen LogP contribution in [0.3, 0.4) is 0 Å². The molecule has 0 N–H and O–H groups in total. The second-order valence-corrected chi connectivity index (χ2v) is 5.65. The minimum Gasteiger partial charge on any atom is -0.458 e. The Morgan fingerprint density at radius 2 is 1.35 bits per heavy atom. The molecule has 11 heteroatoms. The number of hydrogen-bond acceptors (Lipinski definition) is 5. The number of ether oxygens (including phenoxy) is 1. The normalized spacial score (nSPS) is 11.9. The number of hydrogen-bond donors (Lipinski definition) is 0. The fourth-order valence-electron chi connectivity index (χ4n) is 1.28. The Balaban J connectivity index is 2.75. The summed E-state index contributed by atoms with van der Waals surface area (Å²) in [6.45, 7) is -0.996. The second kappa shape index (κ2) is 7.51. The molecule has 0 aliphatic heterocycles. The van der Waals surface area contributed by atoms with Gasteiger partial charge < -0.3 is 4.74 Å². The summed E-state index contributed by atoms with van der Waals surface area (Å²) in [5, 5.41) is 0. The summed E-state index contributed by atoms with van der Waals surface area (Å²) in [4.78, 5) is 11.4.